The number of aromatic nitrogens is 3. The Labute approximate surface area is 80.6 Å². The highest BCUT2D eigenvalue weighted by Gasteiger charge is 2.05. The van der Waals surface area contributed by atoms with E-state index in [2.05, 4.69) is 10.1 Å². The summed E-state index contributed by atoms with van der Waals surface area (Å²) in [5, 5.41) is 12.5. The van der Waals surface area contributed by atoms with E-state index in [1.807, 2.05) is 19.1 Å². The van der Waals surface area contributed by atoms with Crippen molar-refractivity contribution in [3.63, 3.8) is 0 Å². The highest BCUT2D eigenvalue weighted by atomic mass is 16.5. The van der Waals surface area contributed by atoms with Gasteiger partial charge in [-0.2, -0.15) is 5.26 Å². The van der Waals surface area contributed by atoms with Crippen molar-refractivity contribution in [2.75, 3.05) is 0 Å². The van der Waals surface area contributed by atoms with Crippen molar-refractivity contribution in [1.82, 2.24) is 14.7 Å². The molecule has 0 aromatic carbocycles. The Balaban J connectivity index is 2.23. The third kappa shape index (κ3) is 1.50. The van der Waals surface area contributed by atoms with Gasteiger partial charge in [0.05, 0.1) is 6.54 Å². The first-order valence-corrected chi connectivity index (χ1v) is 4.13. The fourth-order valence-electron chi connectivity index (χ4n) is 1.22. The van der Waals surface area contributed by atoms with Crippen LogP contribution in [-0.2, 0) is 6.54 Å². The molecule has 2 aromatic heterocycles. The van der Waals surface area contributed by atoms with Crippen LogP contribution in [0.25, 0.3) is 0 Å². The van der Waals surface area contributed by atoms with Gasteiger partial charge in [0, 0.05) is 18.5 Å². The topological polar surface area (TPSA) is 67.6 Å². The molecule has 0 amide bonds. The van der Waals surface area contributed by atoms with Crippen LogP contribution in [0.3, 0.4) is 0 Å². The number of nitrogens with zero attached hydrogens (tertiary/aromatic N) is 4. The smallest absolute Gasteiger partial charge is 0.213 e. The second kappa shape index (κ2) is 3.34. The van der Waals surface area contributed by atoms with Crippen molar-refractivity contribution in [1.29, 1.82) is 5.26 Å². The van der Waals surface area contributed by atoms with Gasteiger partial charge in [-0.05, 0) is 6.92 Å². The van der Waals surface area contributed by atoms with E-state index in [0.29, 0.717) is 12.4 Å². The minimum absolute atomic E-state index is 0.380. The molecule has 0 spiro atoms. The Kier molecular flexibility index (Phi) is 2.03. The van der Waals surface area contributed by atoms with Gasteiger partial charge >= 0.3 is 0 Å². The number of hydrogen-bond donors (Lipinski definition) is 0. The molecule has 70 valence electrons. The fraction of sp³-hybridized carbons (Fsp3) is 0.222. The predicted molar refractivity (Wildman–Crippen MR) is 47.3 cm³/mol. The van der Waals surface area contributed by atoms with Crippen LogP contribution in [0, 0.1) is 18.3 Å². The van der Waals surface area contributed by atoms with E-state index in [9.17, 15) is 0 Å². The molecule has 0 saturated heterocycles. The van der Waals surface area contributed by atoms with Crippen LogP contribution >= 0.6 is 0 Å². The average molecular weight is 188 g/mol. The molecule has 0 radical (unpaired) electrons. The van der Waals surface area contributed by atoms with Crippen molar-refractivity contribution in [2.24, 2.45) is 0 Å². The van der Waals surface area contributed by atoms with Crippen LogP contribution < -0.4 is 0 Å². The second-order valence-corrected chi connectivity index (χ2v) is 2.92. The summed E-state index contributed by atoms with van der Waals surface area (Å²) in [5.74, 6) is 1.14. The summed E-state index contributed by atoms with van der Waals surface area (Å²) in [5.41, 5.74) is 0.789. The van der Waals surface area contributed by atoms with Crippen LogP contribution in [0.2, 0.25) is 0 Å². The molecule has 0 aliphatic carbocycles. The monoisotopic (exact) mass is 188 g/mol. The van der Waals surface area contributed by atoms with E-state index in [4.69, 9.17) is 9.78 Å². The van der Waals surface area contributed by atoms with E-state index in [-0.39, 0.29) is 0 Å². The molecular formula is C9H8N4O. The summed E-state index contributed by atoms with van der Waals surface area (Å²) in [4.78, 5) is 3.88. The van der Waals surface area contributed by atoms with E-state index in [0.717, 1.165) is 11.5 Å². The van der Waals surface area contributed by atoms with Gasteiger partial charge < -0.3 is 9.09 Å². The number of hydrogen-bond acceptors (Lipinski definition) is 4. The Morgan fingerprint density at radius 2 is 2.50 bits per heavy atom. The molecular weight excluding hydrogens is 180 g/mol. The van der Waals surface area contributed by atoms with Gasteiger partial charge in [0.25, 0.3) is 0 Å². The van der Waals surface area contributed by atoms with E-state index in [1.165, 1.54) is 0 Å². The Morgan fingerprint density at radius 3 is 3.14 bits per heavy atom. The van der Waals surface area contributed by atoms with Crippen LogP contribution in [0.1, 0.15) is 17.3 Å². The molecule has 14 heavy (non-hydrogen) atoms. The fourth-order valence-corrected chi connectivity index (χ4v) is 1.22. The van der Waals surface area contributed by atoms with E-state index in [1.54, 1.807) is 17.0 Å². The lowest BCUT2D eigenvalue weighted by molar-refractivity contribution is 0.389. The van der Waals surface area contributed by atoms with Gasteiger partial charge in [0.1, 0.15) is 17.5 Å². The number of rotatable bonds is 2. The molecule has 0 bridgehead atoms. The zero-order chi connectivity index (χ0) is 9.97. The number of imidazole rings is 1. The first-order chi connectivity index (χ1) is 6.79. The van der Waals surface area contributed by atoms with E-state index >= 15 is 0 Å². The quantitative estimate of drug-likeness (QED) is 0.707. The average Bonchev–Trinajstić information content (AvgIpc) is 2.76. The van der Waals surface area contributed by atoms with Crippen molar-refractivity contribution in [3.8, 4) is 6.07 Å². The van der Waals surface area contributed by atoms with Crippen LogP contribution in [-0.4, -0.2) is 14.7 Å². The maximum atomic E-state index is 8.71. The number of aryl methyl sites for hydroxylation is 1. The molecule has 0 saturated carbocycles. The van der Waals surface area contributed by atoms with Crippen molar-refractivity contribution in [2.45, 2.75) is 13.5 Å². The molecule has 2 aromatic rings. The molecule has 0 unspecified atom stereocenters. The third-order valence-electron chi connectivity index (χ3n) is 1.82. The molecule has 0 N–H and O–H groups in total. The maximum Gasteiger partial charge on any atom is 0.213 e. The Bertz CT molecular complexity index is 477. The molecule has 2 rings (SSSR count). The van der Waals surface area contributed by atoms with Crippen LogP contribution in [0.4, 0.5) is 0 Å². The summed E-state index contributed by atoms with van der Waals surface area (Å²) in [6.45, 7) is 2.34. The summed E-state index contributed by atoms with van der Waals surface area (Å²) >= 11 is 0. The first kappa shape index (κ1) is 8.51. The lowest BCUT2D eigenvalue weighted by atomic mass is 10.4. The zero-order valence-corrected chi connectivity index (χ0v) is 7.64. The molecule has 0 fully saturated rings. The molecule has 0 aliphatic heterocycles. The van der Waals surface area contributed by atoms with Crippen molar-refractivity contribution in [3.05, 3.63) is 35.7 Å². The lowest BCUT2D eigenvalue weighted by Crippen LogP contribution is -2.01. The van der Waals surface area contributed by atoms with Crippen LogP contribution in [0.5, 0.6) is 0 Å². The maximum absolute atomic E-state index is 8.71. The van der Waals surface area contributed by atoms with Gasteiger partial charge in [-0.1, -0.05) is 5.16 Å². The lowest BCUT2D eigenvalue weighted by Gasteiger charge is -1.97. The number of nitriles is 1. The van der Waals surface area contributed by atoms with Crippen molar-refractivity contribution < 1.29 is 4.52 Å². The Hall–Kier alpha value is -2.09. The van der Waals surface area contributed by atoms with Crippen molar-refractivity contribution >= 4 is 0 Å². The summed E-state index contributed by atoms with van der Waals surface area (Å²) < 4.78 is 6.64. The molecule has 0 aliphatic rings. The van der Waals surface area contributed by atoms with Gasteiger partial charge in [-0.15, -0.1) is 0 Å². The second-order valence-electron chi connectivity index (χ2n) is 2.92. The summed E-state index contributed by atoms with van der Waals surface area (Å²) in [6, 6.07) is 3.83. The van der Waals surface area contributed by atoms with Gasteiger partial charge in [0.15, 0.2) is 0 Å². The first-order valence-electron chi connectivity index (χ1n) is 4.13. The molecule has 5 nitrogen and oxygen atoms in total. The SMILES string of the molecule is Cc1cc(Cn2ccnc2C#N)no1. The largest absolute Gasteiger partial charge is 0.361 e. The van der Waals surface area contributed by atoms with E-state index < -0.39 is 0 Å². The van der Waals surface area contributed by atoms with Gasteiger partial charge in [0.2, 0.25) is 5.82 Å². The summed E-state index contributed by atoms with van der Waals surface area (Å²) in [6.07, 6.45) is 3.33. The standard InChI is InChI=1S/C9H8N4O/c1-7-4-8(12-14-7)6-13-3-2-11-9(13)5-10/h2-4H,6H2,1H3. The van der Waals surface area contributed by atoms with Gasteiger partial charge in [-0.25, -0.2) is 4.98 Å². The molecule has 2 heterocycles. The third-order valence-corrected chi connectivity index (χ3v) is 1.82. The molecule has 0 atom stereocenters. The molecule has 5 heteroatoms. The Morgan fingerprint density at radius 1 is 1.64 bits per heavy atom. The minimum atomic E-state index is 0.380. The zero-order valence-electron chi connectivity index (χ0n) is 7.64. The predicted octanol–water partition coefficient (Wildman–Crippen LogP) is 1.10. The summed E-state index contributed by atoms with van der Waals surface area (Å²) in [7, 11) is 0. The highest BCUT2D eigenvalue weighted by molar-refractivity contribution is 5.14. The van der Waals surface area contributed by atoms with Crippen LogP contribution in [0.15, 0.2) is 23.0 Å². The normalized spacial score (nSPS) is 10.0. The minimum Gasteiger partial charge on any atom is -0.361 e. The van der Waals surface area contributed by atoms with Gasteiger partial charge in [-0.3, -0.25) is 0 Å². The highest BCUT2D eigenvalue weighted by Crippen LogP contribution is 2.05.